The minimum Gasteiger partial charge on any atom is -0.419 e. The highest BCUT2D eigenvalue weighted by Gasteiger charge is 2.40. The summed E-state index contributed by atoms with van der Waals surface area (Å²) in [6.45, 7) is 2.47. The van der Waals surface area contributed by atoms with Crippen molar-refractivity contribution in [3.63, 3.8) is 0 Å². The molecule has 10 heteroatoms. The van der Waals surface area contributed by atoms with Gasteiger partial charge in [0.25, 0.3) is 5.79 Å². The lowest BCUT2D eigenvalue weighted by Gasteiger charge is -2.29. The molecule has 0 amide bonds. The van der Waals surface area contributed by atoms with Gasteiger partial charge in [-0.3, -0.25) is 0 Å². The highest BCUT2D eigenvalue weighted by atomic mass is 19.4. The highest BCUT2D eigenvalue weighted by Crippen LogP contribution is 2.34. The molecule has 0 radical (unpaired) electrons. The van der Waals surface area contributed by atoms with Crippen LogP contribution in [0.5, 0.6) is 5.75 Å². The summed E-state index contributed by atoms with van der Waals surface area (Å²) >= 11 is 0. The molecule has 1 saturated heterocycles. The number of alkyl halides is 3. The smallest absolute Gasteiger partial charge is 0.419 e. The maximum atomic E-state index is 13.8. The maximum Gasteiger partial charge on any atom is 0.573 e. The van der Waals surface area contributed by atoms with Crippen LogP contribution in [0.15, 0.2) is 17.7 Å². The molecule has 0 aromatic heterocycles. The summed E-state index contributed by atoms with van der Waals surface area (Å²) in [6.07, 6.45) is -4.95. The van der Waals surface area contributed by atoms with E-state index in [4.69, 9.17) is 9.47 Å². The van der Waals surface area contributed by atoms with Crippen LogP contribution >= 0.6 is 0 Å². The van der Waals surface area contributed by atoms with E-state index in [1.165, 1.54) is 13.8 Å². The molecular formula is C14H9F5O5. The third-order valence-electron chi connectivity index (χ3n) is 2.72. The van der Waals surface area contributed by atoms with Crippen LogP contribution in [0.4, 0.5) is 22.0 Å². The average molecular weight is 352 g/mol. The van der Waals surface area contributed by atoms with Crippen LogP contribution in [0.1, 0.15) is 19.4 Å². The summed E-state index contributed by atoms with van der Waals surface area (Å²) in [5.41, 5.74) is -2.00. The first-order chi connectivity index (χ1) is 10.9. The van der Waals surface area contributed by atoms with Gasteiger partial charge in [-0.1, -0.05) is 0 Å². The van der Waals surface area contributed by atoms with E-state index in [1.54, 1.807) is 0 Å². The number of cyclic esters (lactones) is 2. The average Bonchev–Trinajstić information content (AvgIpc) is 2.38. The predicted molar refractivity (Wildman–Crippen MR) is 67.3 cm³/mol. The van der Waals surface area contributed by atoms with Gasteiger partial charge in [0, 0.05) is 13.8 Å². The lowest BCUT2D eigenvalue weighted by atomic mass is 10.1. The lowest BCUT2D eigenvalue weighted by molar-refractivity contribution is -0.275. The van der Waals surface area contributed by atoms with Crippen molar-refractivity contribution in [3.05, 3.63) is 34.9 Å². The number of esters is 2. The van der Waals surface area contributed by atoms with E-state index in [1.807, 2.05) is 0 Å². The van der Waals surface area contributed by atoms with Gasteiger partial charge in [0.1, 0.15) is 11.4 Å². The van der Waals surface area contributed by atoms with Crippen LogP contribution in [0, 0.1) is 11.6 Å². The molecule has 0 bridgehead atoms. The summed E-state index contributed by atoms with van der Waals surface area (Å²) in [6, 6.07) is 0.910. The minimum absolute atomic E-state index is 0.374. The number of rotatable bonds is 2. The Morgan fingerprint density at radius 1 is 1.04 bits per heavy atom. The summed E-state index contributed by atoms with van der Waals surface area (Å²) in [7, 11) is 0. The van der Waals surface area contributed by atoms with Crippen molar-refractivity contribution in [2.75, 3.05) is 0 Å². The number of carbonyl (C=O) groups excluding carboxylic acids is 2. The Balaban J connectivity index is 2.55. The van der Waals surface area contributed by atoms with Crippen molar-refractivity contribution in [2.45, 2.75) is 26.0 Å². The fourth-order valence-corrected chi connectivity index (χ4v) is 1.83. The zero-order chi connectivity index (χ0) is 18.3. The standard InChI is InChI=1S/C14H9F5O5/c1-13(2)23-11(20)7(12(21)24-13)5-6-8(15)3-4-9(16)10(6)22-14(17,18)19/h3-5H,1-2H3. The van der Waals surface area contributed by atoms with Crippen molar-refractivity contribution in [3.8, 4) is 5.75 Å². The van der Waals surface area contributed by atoms with Crippen LogP contribution in [-0.4, -0.2) is 24.1 Å². The second-order valence-electron chi connectivity index (χ2n) is 5.06. The van der Waals surface area contributed by atoms with Crippen molar-refractivity contribution >= 4 is 18.0 Å². The zero-order valence-electron chi connectivity index (χ0n) is 12.2. The van der Waals surface area contributed by atoms with Gasteiger partial charge in [0.2, 0.25) is 0 Å². The van der Waals surface area contributed by atoms with E-state index >= 15 is 0 Å². The molecule has 1 aliphatic rings. The number of halogens is 5. The monoisotopic (exact) mass is 352 g/mol. The Morgan fingerprint density at radius 2 is 1.54 bits per heavy atom. The van der Waals surface area contributed by atoms with Gasteiger partial charge in [-0.15, -0.1) is 13.2 Å². The van der Waals surface area contributed by atoms with Crippen LogP contribution < -0.4 is 4.74 Å². The molecule has 0 N–H and O–H groups in total. The molecule has 1 aromatic rings. The Kier molecular flexibility index (Phi) is 4.25. The highest BCUT2D eigenvalue weighted by molar-refractivity contribution is 6.19. The number of hydrogen-bond donors (Lipinski definition) is 0. The maximum absolute atomic E-state index is 13.8. The van der Waals surface area contributed by atoms with Gasteiger partial charge < -0.3 is 14.2 Å². The molecule has 130 valence electrons. The van der Waals surface area contributed by atoms with Gasteiger partial charge in [-0.25, -0.2) is 18.4 Å². The molecule has 0 aliphatic carbocycles. The summed E-state index contributed by atoms with van der Waals surface area (Å²) in [5.74, 6) is -8.56. The number of ether oxygens (including phenoxy) is 3. The molecular weight excluding hydrogens is 343 g/mol. The molecule has 1 aromatic carbocycles. The molecule has 5 nitrogen and oxygen atoms in total. The Hall–Kier alpha value is -2.65. The fraction of sp³-hybridized carbons (Fsp3) is 0.286. The first-order valence-electron chi connectivity index (χ1n) is 6.32. The number of carbonyl (C=O) groups is 2. The van der Waals surface area contributed by atoms with Gasteiger partial charge in [-0.2, -0.15) is 0 Å². The van der Waals surface area contributed by atoms with Gasteiger partial charge >= 0.3 is 18.3 Å². The normalized spacial score (nSPS) is 17.2. The SMILES string of the molecule is CC1(C)OC(=O)C(=Cc2c(F)ccc(F)c2OC(F)(F)F)C(=O)O1. The number of benzene rings is 1. The topological polar surface area (TPSA) is 61.8 Å². The van der Waals surface area contributed by atoms with E-state index in [2.05, 4.69) is 4.74 Å². The number of hydrogen-bond acceptors (Lipinski definition) is 5. The van der Waals surface area contributed by atoms with Crippen LogP contribution in [0.3, 0.4) is 0 Å². The minimum atomic E-state index is -5.32. The van der Waals surface area contributed by atoms with Gasteiger partial charge in [0.15, 0.2) is 11.6 Å². The molecule has 0 atom stereocenters. The van der Waals surface area contributed by atoms with Crippen molar-refractivity contribution in [1.82, 2.24) is 0 Å². The van der Waals surface area contributed by atoms with E-state index in [-0.39, 0.29) is 0 Å². The van der Waals surface area contributed by atoms with Crippen molar-refractivity contribution in [2.24, 2.45) is 0 Å². The lowest BCUT2D eigenvalue weighted by Crippen LogP contribution is -2.41. The van der Waals surface area contributed by atoms with Gasteiger partial charge in [-0.05, 0) is 18.2 Å². The second-order valence-corrected chi connectivity index (χ2v) is 5.06. The van der Waals surface area contributed by atoms with Crippen LogP contribution in [-0.2, 0) is 19.1 Å². The quantitative estimate of drug-likeness (QED) is 0.354. The van der Waals surface area contributed by atoms with Gasteiger partial charge in [0.05, 0.1) is 5.56 Å². The largest absolute Gasteiger partial charge is 0.573 e. The van der Waals surface area contributed by atoms with E-state index in [9.17, 15) is 31.5 Å². The molecule has 1 fully saturated rings. The molecule has 24 heavy (non-hydrogen) atoms. The predicted octanol–water partition coefficient (Wildman–Crippen LogP) is 3.08. The van der Waals surface area contributed by atoms with Crippen molar-refractivity contribution < 1.29 is 45.8 Å². The van der Waals surface area contributed by atoms with Crippen LogP contribution in [0.25, 0.3) is 6.08 Å². The molecule has 0 unspecified atom stereocenters. The first-order valence-corrected chi connectivity index (χ1v) is 6.32. The molecule has 1 heterocycles. The fourth-order valence-electron chi connectivity index (χ4n) is 1.83. The molecule has 1 aliphatic heterocycles. The molecule has 0 saturated carbocycles. The second kappa shape index (κ2) is 5.77. The Morgan fingerprint density at radius 3 is 2.04 bits per heavy atom. The van der Waals surface area contributed by atoms with Crippen LogP contribution in [0.2, 0.25) is 0 Å². The van der Waals surface area contributed by atoms with E-state index < -0.39 is 52.6 Å². The Bertz CT molecular complexity index is 714. The Labute approximate surface area is 131 Å². The molecule has 2 rings (SSSR count). The summed E-state index contributed by atoms with van der Waals surface area (Å²) < 4.78 is 77.3. The third kappa shape index (κ3) is 3.81. The summed E-state index contributed by atoms with van der Waals surface area (Å²) in [5, 5.41) is 0. The summed E-state index contributed by atoms with van der Waals surface area (Å²) in [4.78, 5) is 23.5. The van der Waals surface area contributed by atoms with E-state index in [0.717, 1.165) is 0 Å². The molecule has 0 spiro atoms. The van der Waals surface area contributed by atoms with E-state index in [0.29, 0.717) is 18.2 Å². The van der Waals surface area contributed by atoms with Crippen molar-refractivity contribution in [1.29, 1.82) is 0 Å². The third-order valence-corrected chi connectivity index (χ3v) is 2.72. The zero-order valence-corrected chi connectivity index (χ0v) is 12.2. The first kappa shape index (κ1) is 17.7.